The van der Waals surface area contributed by atoms with E-state index in [-0.39, 0.29) is 0 Å². The van der Waals surface area contributed by atoms with Crippen LogP contribution in [0.1, 0.15) is 38.6 Å². The summed E-state index contributed by atoms with van der Waals surface area (Å²) >= 11 is 0. The van der Waals surface area contributed by atoms with Crippen LogP contribution < -0.4 is 5.32 Å². The molecule has 0 amide bonds. The molecule has 0 aliphatic rings. The van der Waals surface area contributed by atoms with Crippen molar-refractivity contribution in [2.24, 2.45) is 0 Å². The summed E-state index contributed by atoms with van der Waals surface area (Å²) in [7, 11) is 0. The van der Waals surface area contributed by atoms with Crippen molar-refractivity contribution in [3.8, 4) is 11.4 Å². The zero-order valence-corrected chi connectivity index (χ0v) is 12.6. The molecular weight excluding hydrogens is 252 g/mol. The molecule has 2 aromatic rings. The standard InChI is InChI=1S/C14H22N6/c1-5-8-20-11(9-16-19-20)13-10(4)14(15-7-3)18-12(6-2)17-13/h9H,5-8H2,1-4H3,(H,15,17,18). The molecule has 6 nitrogen and oxygen atoms in total. The smallest absolute Gasteiger partial charge is 0.133 e. The molecule has 0 saturated carbocycles. The lowest BCUT2D eigenvalue weighted by Gasteiger charge is -2.13. The Labute approximate surface area is 119 Å². The fourth-order valence-corrected chi connectivity index (χ4v) is 2.13. The number of hydrogen-bond acceptors (Lipinski definition) is 5. The molecule has 2 aromatic heterocycles. The van der Waals surface area contributed by atoms with Crippen molar-refractivity contribution in [3.63, 3.8) is 0 Å². The molecule has 0 aliphatic heterocycles. The van der Waals surface area contributed by atoms with E-state index in [1.54, 1.807) is 6.20 Å². The van der Waals surface area contributed by atoms with E-state index in [2.05, 4.69) is 46.4 Å². The first-order valence-electron chi connectivity index (χ1n) is 7.21. The Hall–Kier alpha value is -1.98. The van der Waals surface area contributed by atoms with Gasteiger partial charge in [-0.3, -0.25) is 0 Å². The lowest BCUT2D eigenvalue weighted by Crippen LogP contribution is -2.10. The predicted molar refractivity (Wildman–Crippen MR) is 79.6 cm³/mol. The van der Waals surface area contributed by atoms with Crippen LogP contribution in [0.3, 0.4) is 0 Å². The van der Waals surface area contributed by atoms with Gasteiger partial charge in [0.05, 0.1) is 11.9 Å². The third-order valence-corrected chi connectivity index (χ3v) is 3.15. The van der Waals surface area contributed by atoms with Gasteiger partial charge >= 0.3 is 0 Å². The van der Waals surface area contributed by atoms with Gasteiger partial charge in [-0.1, -0.05) is 19.1 Å². The molecule has 2 heterocycles. The van der Waals surface area contributed by atoms with Gasteiger partial charge in [-0.25, -0.2) is 14.6 Å². The minimum Gasteiger partial charge on any atom is -0.370 e. The van der Waals surface area contributed by atoms with Crippen molar-refractivity contribution in [2.45, 2.75) is 47.1 Å². The summed E-state index contributed by atoms with van der Waals surface area (Å²) in [4.78, 5) is 9.22. The first-order chi connectivity index (χ1) is 9.71. The first-order valence-corrected chi connectivity index (χ1v) is 7.21. The number of nitrogens with one attached hydrogen (secondary N) is 1. The molecule has 0 aromatic carbocycles. The number of aryl methyl sites for hydroxylation is 2. The molecule has 108 valence electrons. The molecule has 0 bridgehead atoms. The molecule has 0 aliphatic carbocycles. The number of rotatable bonds is 6. The van der Waals surface area contributed by atoms with Crippen molar-refractivity contribution < 1.29 is 0 Å². The highest BCUT2D eigenvalue weighted by Crippen LogP contribution is 2.25. The van der Waals surface area contributed by atoms with Crippen molar-refractivity contribution in [2.75, 3.05) is 11.9 Å². The summed E-state index contributed by atoms with van der Waals surface area (Å²) in [5, 5.41) is 11.5. The Morgan fingerprint density at radius 1 is 1.20 bits per heavy atom. The SMILES string of the molecule is CCCn1nncc1-c1nc(CC)nc(NCC)c1C. The molecule has 6 heteroatoms. The van der Waals surface area contributed by atoms with Gasteiger partial charge in [0.1, 0.15) is 17.3 Å². The van der Waals surface area contributed by atoms with Crippen LogP contribution in [-0.4, -0.2) is 31.5 Å². The van der Waals surface area contributed by atoms with E-state index >= 15 is 0 Å². The van der Waals surface area contributed by atoms with E-state index in [1.807, 2.05) is 11.6 Å². The molecule has 0 spiro atoms. The van der Waals surface area contributed by atoms with Gasteiger partial charge in [-0.2, -0.15) is 0 Å². The highest BCUT2D eigenvalue weighted by molar-refractivity contribution is 5.64. The van der Waals surface area contributed by atoms with Crippen LogP contribution in [0.15, 0.2) is 6.20 Å². The van der Waals surface area contributed by atoms with Gasteiger partial charge in [0.25, 0.3) is 0 Å². The Morgan fingerprint density at radius 3 is 2.65 bits per heavy atom. The maximum Gasteiger partial charge on any atom is 0.133 e. The molecule has 1 N–H and O–H groups in total. The maximum absolute atomic E-state index is 4.67. The average molecular weight is 274 g/mol. The maximum atomic E-state index is 4.67. The average Bonchev–Trinajstić information content (AvgIpc) is 2.90. The van der Waals surface area contributed by atoms with Gasteiger partial charge in [-0.15, -0.1) is 5.10 Å². The Kier molecular flexibility index (Phi) is 4.65. The van der Waals surface area contributed by atoms with Crippen LogP contribution in [0.25, 0.3) is 11.4 Å². The van der Waals surface area contributed by atoms with Gasteiger partial charge in [0.15, 0.2) is 0 Å². The quantitative estimate of drug-likeness (QED) is 0.876. The van der Waals surface area contributed by atoms with E-state index < -0.39 is 0 Å². The summed E-state index contributed by atoms with van der Waals surface area (Å²) in [6.45, 7) is 9.97. The number of aromatic nitrogens is 5. The second-order valence-electron chi connectivity index (χ2n) is 4.69. The van der Waals surface area contributed by atoms with Crippen molar-refractivity contribution in [1.82, 2.24) is 25.0 Å². The van der Waals surface area contributed by atoms with E-state index in [0.29, 0.717) is 0 Å². The van der Waals surface area contributed by atoms with Crippen LogP contribution in [0, 0.1) is 6.92 Å². The lowest BCUT2D eigenvalue weighted by molar-refractivity contribution is 0.583. The fourth-order valence-electron chi connectivity index (χ4n) is 2.13. The van der Waals surface area contributed by atoms with Crippen LogP contribution in [0.4, 0.5) is 5.82 Å². The number of anilines is 1. The molecule has 0 atom stereocenters. The van der Waals surface area contributed by atoms with Gasteiger partial charge in [0.2, 0.25) is 0 Å². The van der Waals surface area contributed by atoms with Crippen molar-refractivity contribution >= 4 is 5.82 Å². The highest BCUT2D eigenvalue weighted by Gasteiger charge is 2.15. The summed E-state index contributed by atoms with van der Waals surface area (Å²) in [6, 6.07) is 0. The molecule has 0 fully saturated rings. The van der Waals surface area contributed by atoms with Crippen LogP contribution >= 0.6 is 0 Å². The summed E-state index contributed by atoms with van der Waals surface area (Å²) in [5.74, 6) is 1.74. The van der Waals surface area contributed by atoms with Crippen LogP contribution in [-0.2, 0) is 13.0 Å². The van der Waals surface area contributed by atoms with Gasteiger partial charge in [0, 0.05) is 25.1 Å². The zero-order valence-electron chi connectivity index (χ0n) is 12.6. The van der Waals surface area contributed by atoms with Gasteiger partial charge in [-0.05, 0) is 20.3 Å². The van der Waals surface area contributed by atoms with Crippen molar-refractivity contribution in [1.29, 1.82) is 0 Å². The normalized spacial score (nSPS) is 10.8. The lowest BCUT2D eigenvalue weighted by atomic mass is 10.1. The number of nitrogens with zero attached hydrogens (tertiary/aromatic N) is 5. The van der Waals surface area contributed by atoms with E-state index in [0.717, 1.165) is 54.5 Å². The minimum absolute atomic E-state index is 0.807. The monoisotopic (exact) mass is 274 g/mol. The van der Waals surface area contributed by atoms with Gasteiger partial charge < -0.3 is 5.32 Å². The minimum atomic E-state index is 0.807. The second kappa shape index (κ2) is 6.45. The first kappa shape index (κ1) is 14.4. The molecular formula is C14H22N6. The predicted octanol–water partition coefficient (Wildman–Crippen LogP) is 2.45. The largest absolute Gasteiger partial charge is 0.370 e. The summed E-state index contributed by atoms with van der Waals surface area (Å²) in [5.41, 5.74) is 2.93. The van der Waals surface area contributed by atoms with Crippen LogP contribution in [0.5, 0.6) is 0 Å². The Balaban J connectivity index is 2.54. The molecule has 0 radical (unpaired) electrons. The van der Waals surface area contributed by atoms with Crippen molar-refractivity contribution in [3.05, 3.63) is 17.6 Å². The Bertz CT molecular complexity index is 575. The van der Waals surface area contributed by atoms with E-state index in [1.165, 1.54) is 0 Å². The molecule has 0 saturated heterocycles. The zero-order chi connectivity index (χ0) is 14.5. The molecule has 20 heavy (non-hydrogen) atoms. The second-order valence-corrected chi connectivity index (χ2v) is 4.69. The third kappa shape index (κ3) is 2.79. The van der Waals surface area contributed by atoms with E-state index in [4.69, 9.17) is 0 Å². The van der Waals surface area contributed by atoms with Crippen LogP contribution in [0.2, 0.25) is 0 Å². The fraction of sp³-hybridized carbons (Fsp3) is 0.571. The summed E-state index contributed by atoms with van der Waals surface area (Å²) in [6.07, 6.45) is 3.60. The molecule has 2 rings (SSSR count). The highest BCUT2D eigenvalue weighted by atomic mass is 15.4. The molecule has 0 unspecified atom stereocenters. The summed E-state index contributed by atoms with van der Waals surface area (Å²) < 4.78 is 1.91. The third-order valence-electron chi connectivity index (χ3n) is 3.15. The number of hydrogen-bond donors (Lipinski definition) is 1. The van der Waals surface area contributed by atoms with E-state index in [9.17, 15) is 0 Å². The topological polar surface area (TPSA) is 68.5 Å². The Morgan fingerprint density at radius 2 is 2.00 bits per heavy atom.